The van der Waals surface area contributed by atoms with Gasteiger partial charge in [0.15, 0.2) is 11.5 Å². The summed E-state index contributed by atoms with van der Waals surface area (Å²) in [7, 11) is 0. The molecule has 0 aliphatic carbocycles. The maximum atomic E-state index is 12.1. The Bertz CT molecular complexity index is 1350. The molecule has 7 nitrogen and oxygen atoms in total. The van der Waals surface area contributed by atoms with Crippen LogP contribution >= 0.6 is 0 Å². The first kappa shape index (κ1) is 21.3. The van der Waals surface area contributed by atoms with Crippen molar-refractivity contribution in [2.45, 2.75) is 6.61 Å². The van der Waals surface area contributed by atoms with Crippen molar-refractivity contribution in [2.75, 3.05) is 18.7 Å². The molecule has 1 heterocycles. The summed E-state index contributed by atoms with van der Waals surface area (Å²) in [6.45, 7) is 0.749. The van der Waals surface area contributed by atoms with Gasteiger partial charge in [0.1, 0.15) is 12.4 Å². The molecule has 7 heteroatoms. The molecule has 0 spiro atoms. The molecule has 0 aromatic heterocycles. The van der Waals surface area contributed by atoms with Crippen LogP contribution in [0.2, 0.25) is 0 Å². The number of benzene rings is 4. The highest BCUT2D eigenvalue weighted by molar-refractivity contribution is 5.86. The fourth-order valence-corrected chi connectivity index (χ4v) is 3.67. The topological polar surface area (TPSA) is 81.2 Å². The third-order valence-electron chi connectivity index (χ3n) is 5.36. The van der Waals surface area contributed by atoms with Crippen molar-refractivity contribution in [1.82, 2.24) is 5.43 Å². The van der Waals surface area contributed by atoms with Crippen LogP contribution in [0.4, 0.5) is 5.69 Å². The van der Waals surface area contributed by atoms with E-state index >= 15 is 0 Å². The molecular formula is C27H23N3O4. The molecule has 0 fully saturated rings. The Balaban J connectivity index is 1.13. The highest BCUT2D eigenvalue weighted by atomic mass is 16.7. The van der Waals surface area contributed by atoms with Crippen molar-refractivity contribution in [1.29, 1.82) is 0 Å². The van der Waals surface area contributed by atoms with Gasteiger partial charge in [0.05, 0.1) is 12.8 Å². The largest absolute Gasteiger partial charge is 0.489 e. The van der Waals surface area contributed by atoms with Gasteiger partial charge < -0.3 is 19.5 Å². The van der Waals surface area contributed by atoms with Crippen molar-refractivity contribution in [3.63, 3.8) is 0 Å². The second-order valence-corrected chi connectivity index (χ2v) is 7.71. The van der Waals surface area contributed by atoms with Crippen LogP contribution in [0.1, 0.15) is 11.1 Å². The zero-order valence-electron chi connectivity index (χ0n) is 18.4. The first-order chi connectivity index (χ1) is 16.7. The van der Waals surface area contributed by atoms with Gasteiger partial charge in [0, 0.05) is 11.8 Å². The van der Waals surface area contributed by atoms with Crippen molar-refractivity contribution in [3.8, 4) is 17.2 Å². The number of amides is 1. The van der Waals surface area contributed by atoms with Gasteiger partial charge in [0.25, 0.3) is 5.91 Å². The molecule has 0 atom stereocenters. The zero-order valence-corrected chi connectivity index (χ0v) is 18.4. The Hall–Kier alpha value is -4.52. The van der Waals surface area contributed by atoms with E-state index in [4.69, 9.17) is 14.2 Å². The van der Waals surface area contributed by atoms with E-state index in [-0.39, 0.29) is 19.2 Å². The van der Waals surface area contributed by atoms with Crippen molar-refractivity contribution in [3.05, 3.63) is 96.1 Å². The Morgan fingerprint density at radius 2 is 1.79 bits per heavy atom. The van der Waals surface area contributed by atoms with Crippen LogP contribution in [0, 0.1) is 0 Å². The maximum absolute atomic E-state index is 12.1. The van der Waals surface area contributed by atoms with Crippen LogP contribution in [0.3, 0.4) is 0 Å². The van der Waals surface area contributed by atoms with Crippen LogP contribution in [0.25, 0.3) is 10.8 Å². The van der Waals surface area contributed by atoms with Gasteiger partial charge in [0.2, 0.25) is 6.79 Å². The van der Waals surface area contributed by atoms with Crippen LogP contribution in [-0.2, 0) is 11.4 Å². The van der Waals surface area contributed by atoms with Gasteiger partial charge in [-0.1, -0.05) is 54.6 Å². The summed E-state index contributed by atoms with van der Waals surface area (Å²) in [5, 5.41) is 9.45. The molecule has 0 radical (unpaired) electrons. The normalized spacial score (nSPS) is 12.1. The highest BCUT2D eigenvalue weighted by Crippen LogP contribution is 2.34. The molecule has 1 aliphatic rings. The molecule has 1 aliphatic heterocycles. The molecule has 0 saturated heterocycles. The monoisotopic (exact) mass is 453 g/mol. The molecular weight excluding hydrogens is 430 g/mol. The standard InChI is InChI=1S/C27H23N3O4/c31-27(16-28-22-11-12-25-26(14-22)34-18-33-25)30-29-15-19-5-3-9-23(13-19)32-17-21-8-4-7-20-6-1-2-10-24(20)21/h1-15,28H,16-18H2,(H,30,31)/b29-15+. The zero-order chi connectivity index (χ0) is 23.2. The molecule has 0 bridgehead atoms. The number of hydrogen-bond donors (Lipinski definition) is 2. The van der Waals surface area contributed by atoms with Crippen molar-refractivity contribution >= 4 is 28.6 Å². The number of ether oxygens (including phenoxy) is 3. The minimum absolute atomic E-state index is 0.0746. The number of nitrogens with zero attached hydrogens (tertiary/aromatic N) is 1. The van der Waals surface area contributed by atoms with Gasteiger partial charge in [-0.05, 0) is 46.2 Å². The quantitative estimate of drug-likeness (QED) is 0.298. The summed E-state index contributed by atoms with van der Waals surface area (Å²) in [6, 6.07) is 27.4. The van der Waals surface area contributed by atoms with E-state index in [2.05, 4.69) is 40.1 Å². The maximum Gasteiger partial charge on any atom is 0.259 e. The molecule has 2 N–H and O–H groups in total. The smallest absolute Gasteiger partial charge is 0.259 e. The second kappa shape index (κ2) is 9.95. The number of carbonyl (C=O) groups excluding carboxylic acids is 1. The third-order valence-corrected chi connectivity index (χ3v) is 5.36. The first-order valence-corrected chi connectivity index (χ1v) is 10.9. The first-order valence-electron chi connectivity index (χ1n) is 10.9. The molecule has 170 valence electrons. The van der Waals surface area contributed by atoms with Crippen LogP contribution in [0.15, 0.2) is 90.0 Å². The Morgan fingerprint density at radius 3 is 2.76 bits per heavy atom. The number of rotatable bonds is 8. The lowest BCUT2D eigenvalue weighted by Crippen LogP contribution is -2.25. The molecule has 5 rings (SSSR count). The number of carbonyl (C=O) groups is 1. The lowest BCUT2D eigenvalue weighted by molar-refractivity contribution is -0.119. The summed E-state index contributed by atoms with van der Waals surface area (Å²) in [5.74, 6) is 1.82. The third kappa shape index (κ3) is 5.10. The predicted octanol–water partition coefficient (Wildman–Crippen LogP) is 4.71. The lowest BCUT2D eigenvalue weighted by Gasteiger charge is -2.09. The second-order valence-electron chi connectivity index (χ2n) is 7.71. The number of fused-ring (bicyclic) bond motifs is 2. The van der Waals surface area contributed by atoms with Gasteiger partial charge in [-0.15, -0.1) is 0 Å². The number of hydrogen-bond acceptors (Lipinski definition) is 6. The molecule has 0 unspecified atom stereocenters. The van der Waals surface area contributed by atoms with Gasteiger partial charge in [-0.3, -0.25) is 4.79 Å². The minimum atomic E-state index is -0.266. The van der Waals surface area contributed by atoms with E-state index in [1.165, 1.54) is 10.8 Å². The average Bonchev–Trinajstić information content (AvgIpc) is 3.34. The van der Waals surface area contributed by atoms with Crippen molar-refractivity contribution < 1.29 is 19.0 Å². The van der Waals surface area contributed by atoms with Crippen molar-refractivity contribution in [2.24, 2.45) is 5.10 Å². The predicted molar refractivity (Wildman–Crippen MR) is 132 cm³/mol. The number of anilines is 1. The lowest BCUT2D eigenvalue weighted by atomic mass is 10.1. The summed E-state index contributed by atoms with van der Waals surface area (Å²) < 4.78 is 16.6. The molecule has 34 heavy (non-hydrogen) atoms. The Morgan fingerprint density at radius 1 is 0.941 bits per heavy atom. The van der Waals surface area contributed by atoms with E-state index < -0.39 is 0 Å². The molecule has 4 aromatic rings. The number of nitrogens with one attached hydrogen (secondary N) is 2. The van der Waals surface area contributed by atoms with Crippen LogP contribution in [-0.4, -0.2) is 25.5 Å². The summed E-state index contributed by atoms with van der Waals surface area (Å²) in [5.41, 5.74) is 5.23. The van der Waals surface area contributed by atoms with E-state index in [1.807, 2.05) is 48.5 Å². The number of hydrazone groups is 1. The fourth-order valence-electron chi connectivity index (χ4n) is 3.67. The SMILES string of the molecule is O=C(CNc1ccc2c(c1)OCO2)N/N=C/c1cccc(OCc2cccc3ccccc23)c1. The Labute approximate surface area is 197 Å². The van der Waals surface area contributed by atoms with E-state index in [1.54, 1.807) is 18.3 Å². The minimum Gasteiger partial charge on any atom is -0.489 e. The molecule has 1 amide bonds. The Kier molecular flexibility index (Phi) is 6.25. The van der Waals surface area contributed by atoms with Gasteiger partial charge in [-0.2, -0.15) is 5.10 Å². The molecule has 0 saturated carbocycles. The summed E-state index contributed by atoms with van der Waals surface area (Å²) >= 11 is 0. The van der Waals surface area contributed by atoms with E-state index in [0.717, 1.165) is 22.6 Å². The van der Waals surface area contributed by atoms with Crippen LogP contribution < -0.4 is 25.0 Å². The average molecular weight is 453 g/mol. The van der Waals surface area contributed by atoms with Crippen LogP contribution in [0.5, 0.6) is 17.2 Å². The van der Waals surface area contributed by atoms with Gasteiger partial charge in [-0.25, -0.2) is 5.43 Å². The summed E-state index contributed by atoms with van der Waals surface area (Å²) in [6.07, 6.45) is 1.59. The van der Waals surface area contributed by atoms with E-state index in [0.29, 0.717) is 18.1 Å². The molecule has 4 aromatic carbocycles. The van der Waals surface area contributed by atoms with Gasteiger partial charge >= 0.3 is 0 Å². The highest BCUT2D eigenvalue weighted by Gasteiger charge is 2.13. The fraction of sp³-hybridized carbons (Fsp3) is 0.111. The summed E-state index contributed by atoms with van der Waals surface area (Å²) in [4.78, 5) is 12.1. The van der Waals surface area contributed by atoms with E-state index in [9.17, 15) is 4.79 Å².